The van der Waals surface area contributed by atoms with Gasteiger partial charge in [0.1, 0.15) is 5.75 Å². The second-order valence-electron chi connectivity index (χ2n) is 4.97. The van der Waals surface area contributed by atoms with Crippen LogP contribution in [-0.2, 0) is 11.2 Å². The molecule has 0 aromatic heterocycles. The van der Waals surface area contributed by atoms with Crippen LogP contribution in [0.25, 0.3) is 0 Å². The van der Waals surface area contributed by atoms with Crippen molar-refractivity contribution in [1.82, 2.24) is 0 Å². The van der Waals surface area contributed by atoms with Gasteiger partial charge in [0.2, 0.25) is 0 Å². The summed E-state index contributed by atoms with van der Waals surface area (Å²) >= 11 is 3.35. The van der Waals surface area contributed by atoms with E-state index in [4.69, 9.17) is 10.5 Å². The van der Waals surface area contributed by atoms with E-state index < -0.39 is 6.10 Å². The van der Waals surface area contributed by atoms with Crippen LogP contribution in [0, 0.1) is 0 Å². The Morgan fingerprint density at radius 2 is 2.05 bits per heavy atom. The van der Waals surface area contributed by atoms with Crippen molar-refractivity contribution in [3.8, 4) is 5.75 Å². The zero-order valence-corrected chi connectivity index (χ0v) is 12.9. The van der Waals surface area contributed by atoms with E-state index in [2.05, 4.69) is 21.2 Å². The molecule has 0 fully saturated rings. The number of carbonyl (C=O) groups excluding carboxylic acids is 1. The lowest BCUT2D eigenvalue weighted by Crippen LogP contribution is -2.32. The highest BCUT2D eigenvalue weighted by Gasteiger charge is 2.25. The summed E-state index contributed by atoms with van der Waals surface area (Å²) in [7, 11) is 0. The topological polar surface area (TPSA) is 64.3 Å². The third-order valence-electron chi connectivity index (χ3n) is 3.48. The maximum absolute atomic E-state index is 12.3. The van der Waals surface area contributed by atoms with E-state index in [-0.39, 0.29) is 5.91 Å². The quantitative estimate of drug-likeness (QED) is 0.819. The number of para-hydroxylation sites is 1. The van der Waals surface area contributed by atoms with Crippen LogP contribution < -0.4 is 15.8 Å². The first-order valence-corrected chi connectivity index (χ1v) is 7.53. The summed E-state index contributed by atoms with van der Waals surface area (Å²) in [5.41, 5.74) is 8.42. The minimum absolute atomic E-state index is 0.137. The average Bonchev–Trinajstić information content (AvgIpc) is 2.61. The predicted octanol–water partition coefficient (Wildman–Crippen LogP) is 3.36. The van der Waals surface area contributed by atoms with Crippen LogP contribution in [0.2, 0.25) is 0 Å². The number of halogens is 1. The van der Waals surface area contributed by atoms with Gasteiger partial charge in [-0.2, -0.15) is 0 Å². The number of nitrogens with two attached hydrogens (primary N) is 1. The van der Waals surface area contributed by atoms with Gasteiger partial charge in [0, 0.05) is 10.2 Å². The highest BCUT2D eigenvalue weighted by atomic mass is 79.9. The zero-order valence-electron chi connectivity index (χ0n) is 11.3. The van der Waals surface area contributed by atoms with Gasteiger partial charge in [-0.1, -0.05) is 34.1 Å². The number of hydrogen-bond acceptors (Lipinski definition) is 3. The number of fused-ring (bicyclic) bond motifs is 1. The van der Waals surface area contributed by atoms with Crippen molar-refractivity contribution in [2.75, 3.05) is 11.1 Å². The fourth-order valence-electron chi connectivity index (χ4n) is 2.38. The smallest absolute Gasteiger partial charge is 0.265 e. The highest BCUT2D eigenvalue weighted by Crippen LogP contribution is 2.29. The molecule has 1 amide bonds. The molecule has 2 aromatic carbocycles. The number of rotatable bonds is 2. The van der Waals surface area contributed by atoms with E-state index in [1.54, 1.807) is 12.1 Å². The van der Waals surface area contributed by atoms with Crippen LogP contribution in [0.1, 0.15) is 12.0 Å². The summed E-state index contributed by atoms with van der Waals surface area (Å²) in [5, 5.41) is 2.91. The lowest BCUT2D eigenvalue weighted by atomic mass is 10.1. The summed E-state index contributed by atoms with van der Waals surface area (Å²) in [6, 6.07) is 13.2. The predicted molar refractivity (Wildman–Crippen MR) is 86.4 cm³/mol. The lowest BCUT2D eigenvalue weighted by molar-refractivity contribution is -0.122. The molecule has 0 bridgehead atoms. The maximum Gasteiger partial charge on any atom is 0.265 e. The van der Waals surface area contributed by atoms with Crippen LogP contribution in [0.15, 0.2) is 46.9 Å². The molecule has 0 radical (unpaired) electrons. The van der Waals surface area contributed by atoms with Crippen LogP contribution in [0.4, 0.5) is 11.4 Å². The van der Waals surface area contributed by atoms with Crippen LogP contribution in [0.3, 0.4) is 0 Å². The Kier molecular flexibility index (Phi) is 3.84. The second kappa shape index (κ2) is 5.77. The lowest BCUT2D eigenvalue weighted by Gasteiger charge is -2.17. The molecule has 3 N–H and O–H groups in total. The SMILES string of the molecule is Nc1cc(Br)ccc1OC1CCc2ccccc2NC1=O. The molecule has 1 atom stereocenters. The Hall–Kier alpha value is -2.01. The van der Waals surface area contributed by atoms with E-state index in [1.807, 2.05) is 30.3 Å². The second-order valence-corrected chi connectivity index (χ2v) is 5.89. The van der Waals surface area contributed by atoms with Crippen molar-refractivity contribution in [2.24, 2.45) is 0 Å². The summed E-state index contributed by atoms with van der Waals surface area (Å²) in [5.74, 6) is 0.395. The maximum atomic E-state index is 12.3. The molecule has 0 saturated carbocycles. The molecular formula is C16H15BrN2O2. The molecule has 2 aromatic rings. The fraction of sp³-hybridized carbons (Fsp3) is 0.188. The van der Waals surface area contributed by atoms with Crippen molar-refractivity contribution in [1.29, 1.82) is 0 Å². The Labute approximate surface area is 131 Å². The molecule has 1 aliphatic rings. The van der Waals surface area contributed by atoms with Gasteiger partial charge in [-0.05, 0) is 42.7 Å². The van der Waals surface area contributed by atoms with E-state index >= 15 is 0 Å². The first-order chi connectivity index (χ1) is 10.1. The third-order valence-corrected chi connectivity index (χ3v) is 3.98. The molecule has 1 heterocycles. The number of benzene rings is 2. The van der Waals surface area contributed by atoms with Gasteiger partial charge < -0.3 is 15.8 Å². The van der Waals surface area contributed by atoms with Gasteiger partial charge in [0.25, 0.3) is 5.91 Å². The van der Waals surface area contributed by atoms with Gasteiger partial charge in [0.15, 0.2) is 6.10 Å². The molecule has 21 heavy (non-hydrogen) atoms. The zero-order chi connectivity index (χ0) is 14.8. The van der Waals surface area contributed by atoms with Crippen LogP contribution in [-0.4, -0.2) is 12.0 Å². The number of carbonyl (C=O) groups is 1. The molecule has 1 aliphatic heterocycles. The van der Waals surface area contributed by atoms with Crippen molar-refractivity contribution in [3.63, 3.8) is 0 Å². The molecule has 0 spiro atoms. The molecular weight excluding hydrogens is 332 g/mol. The van der Waals surface area contributed by atoms with Gasteiger partial charge in [0.05, 0.1) is 5.69 Å². The third kappa shape index (κ3) is 3.03. The average molecular weight is 347 g/mol. The number of anilines is 2. The molecule has 4 nitrogen and oxygen atoms in total. The number of nitrogens with one attached hydrogen (secondary N) is 1. The highest BCUT2D eigenvalue weighted by molar-refractivity contribution is 9.10. The Balaban J connectivity index is 1.80. The molecule has 1 unspecified atom stereocenters. The number of ether oxygens (including phenoxy) is 1. The van der Waals surface area contributed by atoms with Gasteiger partial charge >= 0.3 is 0 Å². The van der Waals surface area contributed by atoms with Gasteiger partial charge in [-0.3, -0.25) is 4.79 Å². The number of hydrogen-bond donors (Lipinski definition) is 2. The van der Waals surface area contributed by atoms with Crippen molar-refractivity contribution in [3.05, 3.63) is 52.5 Å². The molecule has 108 valence electrons. The van der Waals surface area contributed by atoms with Crippen LogP contribution in [0.5, 0.6) is 5.75 Å². The van der Waals surface area contributed by atoms with E-state index in [0.717, 1.165) is 22.1 Å². The standard InChI is InChI=1S/C16H15BrN2O2/c17-11-6-8-14(12(18)9-11)21-15-7-5-10-3-1-2-4-13(10)19-16(15)20/h1-4,6,8-9,15H,5,7,18H2,(H,19,20). The first-order valence-electron chi connectivity index (χ1n) is 6.74. The fourth-order valence-corrected chi connectivity index (χ4v) is 2.76. The largest absolute Gasteiger partial charge is 0.478 e. The Bertz CT molecular complexity index is 688. The number of amides is 1. The van der Waals surface area contributed by atoms with Crippen molar-refractivity contribution < 1.29 is 9.53 Å². The minimum atomic E-state index is -0.541. The van der Waals surface area contributed by atoms with E-state index in [1.165, 1.54) is 0 Å². The molecule has 3 rings (SSSR count). The van der Waals surface area contributed by atoms with E-state index in [9.17, 15) is 4.79 Å². The number of aryl methyl sites for hydroxylation is 1. The van der Waals surface area contributed by atoms with Crippen molar-refractivity contribution >= 4 is 33.2 Å². The molecule has 0 saturated heterocycles. The molecule has 5 heteroatoms. The Morgan fingerprint density at radius 1 is 1.24 bits per heavy atom. The van der Waals surface area contributed by atoms with Gasteiger partial charge in [-0.15, -0.1) is 0 Å². The molecule has 0 aliphatic carbocycles. The summed E-state index contributed by atoms with van der Waals surface area (Å²) < 4.78 is 6.69. The number of nitrogen functional groups attached to an aromatic ring is 1. The van der Waals surface area contributed by atoms with Gasteiger partial charge in [-0.25, -0.2) is 0 Å². The summed E-state index contributed by atoms with van der Waals surface area (Å²) in [6.45, 7) is 0. The van der Waals surface area contributed by atoms with Crippen molar-refractivity contribution in [2.45, 2.75) is 18.9 Å². The Morgan fingerprint density at radius 3 is 2.86 bits per heavy atom. The van der Waals surface area contributed by atoms with E-state index in [0.29, 0.717) is 17.9 Å². The first kappa shape index (κ1) is 13.9. The monoisotopic (exact) mass is 346 g/mol. The minimum Gasteiger partial charge on any atom is -0.478 e. The normalized spacial score (nSPS) is 17.6. The van der Waals surface area contributed by atoms with Crippen LogP contribution >= 0.6 is 15.9 Å². The summed E-state index contributed by atoms with van der Waals surface area (Å²) in [6.07, 6.45) is 0.870. The summed E-state index contributed by atoms with van der Waals surface area (Å²) in [4.78, 5) is 12.3.